The van der Waals surface area contributed by atoms with Crippen LogP contribution in [0.25, 0.3) is 0 Å². The van der Waals surface area contributed by atoms with E-state index < -0.39 is 17.6 Å². The van der Waals surface area contributed by atoms with Gasteiger partial charge in [-0.05, 0) is 54.9 Å². The molecule has 0 atom stereocenters. The van der Waals surface area contributed by atoms with Crippen molar-refractivity contribution in [1.82, 2.24) is 14.9 Å². The second kappa shape index (κ2) is 10.5. The van der Waals surface area contributed by atoms with E-state index in [1.807, 2.05) is 24.8 Å². The largest absolute Gasteiger partial charge is 0.416 e. The summed E-state index contributed by atoms with van der Waals surface area (Å²) in [6, 6.07) is 9.31. The molecule has 0 fully saturated rings. The molecule has 10 heteroatoms. The highest BCUT2D eigenvalue weighted by Crippen LogP contribution is 2.35. The molecule has 4 rings (SSSR count). The quantitative estimate of drug-likeness (QED) is 0.467. The minimum absolute atomic E-state index is 0.102. The van der Waals surface area contributed by atoms with E-state index in [2.05, 4.69) is 20.2 Å². The van der Waals surface area contributed by atoms with Gasteiger partial charge in [-0.1, -0.05) is 26.0 Å². The van der Waals surface area contributed by atoms with Gasteiger partial charge in [-0.3, -0.25) is 14.7 Å². The number of fused-ring (bicyclic) bond motifs is 1. The summed E-state index contributed by atoms with van der Waals surface area (Å²) in [6.07, 6.45) is -0.588. The summed E-state index contributed by atoms with van der Waals surface area (Å²) in [5, 5.41) is 2.63. The monoisotopic (exact) mass is 498 g/mol. The summed E-state index contributed by atoms with van der Waals surface area (Å²) >= 11 is 0. The predicted octanol–water partition coefficient (Wildman–Crippen LogP) is 4.73. The SMILES string of the molecule is CCN(CC)Cc1ccc(NC(=O)c2ccc3c(c2)N(Cc2cnc(N)cn2)CC3)cc1C(F)(F)F. The van der Waals surface area contributed by atoms with E-state index >= 15 is 0 Å². The van der Waals surface area contributed by atoms with Crippen LogP contribution in [0, 0.1) is 0 Å². The molecule has 3 aromatic rings. The number of alkyl halides is 3. The number of carbonyl (C=O) groups excluding carboxylic acids is 1. The van der Waals surface area contributed by atoms with Crippen molar-refractivity contribution in [2.45, 2.75) is 39.5 Å². The molecule has 0 unspecified atom stereocenters. The van der Waals surface area contributed by atoms with Crippen molar-refractivity contribution in [3.05, 3.63) is 76.7 Å². The molecule has 0 spiro atoms. The maximum Gasteiger partial charge on any atom is 0.416 e. The zero-order valence-electron chi connectivity index (χ0n) is 20.3. The molecule has 0 saturated carbocycles. The third-order valence-corrected chi connectivity index (χ3v) is 6.38. The molecule has 1 aliphatic heterocycles. The maximum atomic E-state index is 13.8. The summed E-state index contributed by atoms with van der Waals surface area (Å²) in [4.78, 5) is 25.3. The Balaban J connectivity index is 1.53. The van der Waals surface area contributed by atoms with Crippen molar-refractivity contribution < 1.29 is 18.0 Å². The van der Waals surface area contributed by atoms with Crippen molar-refractivity contribution in [1.29, 1.82) is 0 Å². The van der Waals surface area contributed by atoms with E-state index in [1.54, 1.807) is 18.3 Å². The average Bonchev–Trinajstić information content (AvgIpc) is 3.25. The first-order valence-electron chi connectivity index (χ1n) is 11.9. The Morgan fingerprint density at radius 3 is 2.56 bits per heavy atom. The average molecular weight is 499 g/mol. The van der Waals surface area contributed by atoms with Gasteiger partial charge in [0.1, 0.15) is 5.82 Å². The Hall–Kier alpha value is -3.66. The number of aromatic nitrogens is 2. The summed E-state index contributed by atoms with van der Waals surface area (Å²) < 4.78 is 41.4. The molecule has 190 valence electrons. The predicted molar refractivity (Wildman–Crippen MR) is 134 cm³/mol. The van der Waals surface area contributed by atoms with Crippen LogP contribution in [0.15, 0.2) is 48.8 Å². The summed E-state index contributed by atoms with van der Waals surface area (Å²) in [7, 11) is 0. The minimum Gasteiger partial charge on any atom is -0.382 e. The summed E-state index contributed by atoms with van der Waals surface area (Å²) in [5.41, 5.74) is 8.25. The highest BCUT2D eigenvalue weighted by Gasteiger charge is 2.34. The van der Waals surface area contributed by atoms with Gasteiger partial charge in [-0.25, -0.2) is 4.98 Å². The lowest BCUT2D eigenvalue weighted by Crippen LogP contribution is -2.24. The topological polar surface area (TPSA) is 87.4 Å². The van der Waals surface area contributed by atoms with Crippen molar-refractivity contribution >= 4 is 23.1 Å². The number of hydrogen-bond donors (Lipinski definition) is 2. The van der Waals surface area contributed by atoms with Gasteiger partial charge in [0.2, 0.25) is 0 Å². The van der Waals surface area contributed by atoms with Gasteiger partial charge in [-0.2, -0.15) is 13.2 Å². The number of nitrogens with two attached hydrogens (primary N) is 1. The number of anilines is 3. The molecule has 1 amide bonds. The Morgan fingerprint density at radius 1 is 1.11 bits per heavy atom. The summed E-state index contributed by atoms with van der Waals surface area (Å²) in [5.74, 6) is -0.129. The molecule has 2 heterocycles. The van der Waals surface area contributed by atoms with Gasteiger partial charge in [0, 0.05) is 30.0 Å². The second-order valence-electron chi connectivity index (χ2n) is 8.73. The van der Waals surface area contributed by atoms with Crippen LogP contribution in [-0.2, 0) is 25.7 Å². The molecular weight excluding hydrogens is 469 g/mol. The Bertz CT molecular complexity index is 1230. The Kier molecular flexibility index (Phi) is 7.44. The number of carbonyl (C=O) groups is 1. The number of benzene rings is 2. The van der Waals surface area contributed by atoms with Crippen molar-refractivity contribution in [2.75, 3.05) is 35.6 Å². The second-order valence-corrected chi connectivity index (χ2v) is 8.73. The molecule has 0 radical (unpaired) electrons. The normalized spacial score (nSPS) is 13.2. The zero-order valence-corrected chi connectivity index (χ0v) is 20.3. The standard InChI is InChI=1S/C26H29F3N6O/c1-3-34(4-2)15-19-7-8-20(12-22(19)26(27,28)29)33-25(36)18-6-5-17-9-10-35(23(17)11-18)16-21-13-32-24(30)14-31-21/h5-8,11-14H,3-4,9-10,15-16H2,1-2H3,(H2,30,32)(H,33,36). The molecule has 1 aromatic heterocycles. The van der Waals surface area contributed by atoms with Gasteiger partial charge in [0.25, 0.3) is 5.91 Å². The summed E-state index contributed by atoms with van der Waals surface area (Å²) in [6.45, 7) is 6.57. The number of hydrogen-bond acceptors (Lipinski definition) is 6. The molecule has 36 heavy (non-hydrogen) atoms. The number of nitrogens with zero attached hydrogens (tertiary/aromatic N) is 4. The van der Waals surface area contributed by atoms with Crippen LogP contribution in [0.1, 0.15) is 46.6 Å². The van der Waals surface area contributed by atoms with E-state index in [1.165, 1.54) is 18.3 Å². The van der Waals surface area contributed by atoms with E-state index in [-0.39, 0.29) is 17.8 Å². The number of nitrogen functional groups attached to an aromatic ring is 1. The fourth-order valence-corrected chi connectivity index (χ4v) is 4.34. The van der Waals surface area contributed by atoms with E-state index in [0.717, 1.165) is 36.0 Å². The Morgan fingerprint density at radius 2 is 1.89 bits per heavy atom. The van der Waals surface area contributed by atoms with Crippen molar-refractivity contribution in [2.24, 2.45) is 0 Å². The first kappa shape index (κ1) is 25.4. The molecule has 0 bridgehead atoms. The van der Waals surface area contributed by atoms with Gasteiger partial charge >= 0.3 is 6.18 Å². The van der Waals surface area contributed by atoms with Gasteiger partial charge in [0.05, 0.1) is 30.2 Å². The van der Waals surface area contributed by atoms with Crippen molar-refractivity contribution in [3.8, 4) is 0 Å². The highest BCUT2D eigenvalue weighted by atomic mass is 19.4. The fourth-order valence-electron chi connectivity index (χ4n) is 4.34. The van der Waals surface area contributed by atoms with Gasteiger partial charge < -0.3 is 16.0 Å². The van der Waals surface area contributed by atoms with E-state index in [4.69, 9.17) is 5.73 Å². The van der Waals surface area contributed by atoms with Crippen LogP contribution >= 0.6 is 0 Å². The lowest BCUT2D eigenvalue weighted by Gasteiger charge is -2.22. The van der Waals surface area contributed by atoms with Gasteiger partial charge in [0.15, 0.2) is 0 Å². The lowest BCUT2D eigenvalue weighted by molar-refractivity contribution is -0.138. The van der Waals surface area contributed by atoms with Crippen molar-refractivity contribution in [3.63, 3.8) is 0 Å². The smallest absolute Gasteiger partial charge is 0.382 e. The first-order valence-corrected chi connectivity index (χ1v) is 11.9. The number of halogens is 3. The molecule has 0 aliphatic carbocycles. The molecule has 1 aliphatic rings. The fraction of sp³-hybridized carbons (Fsp3) is 0.346. The Labute approximate surface area is 208 Å². The molecule has 0 saturated heterocycles. The molecular formula is C26H29F3N6O. The van der Waals surface area contributed by atoms with Crippen LogP contribution in [0.4, 0.5) is 30.4 Å². The number of amides is 1. The van der Waals surface area contributed by atoms with Crippen LogP contribution in [0.5, 0.6) is 0 Å². The minimum atomic E-state index is -4.53. The number of nitrogens with one attached hydrogen (secondary N) is 1. The first-order chi connectivity index (χ1) is 17.2. The molecule has 2 aromatic carbocycles. The van der Waals surface area contributed by atoms with Crippen LogP contribution < -0.4 is 16.0 Å². The van der Waals surface area contributed by atoms with Crippen LogP contribution in [0.2, 0.25) is 0 Å². The van der Waals surface area contributed by atoms with Gasteiger partial charge in [-0.15, -0.1) is 0 Å². The molecule has 3 N–H and O–H groups in total. The number of rotatable bonds is 8. The highest BCUT2D eigenvalue weighted by molar-refractivity contribution is 6.05. The van der Waals surface area contributed by atoms with E-state index in [0.29, 0.717) is 31.0 Å². The lowest BCUT2D eigenvalue weighted by atomic mass is 10.0. The third-order valence-electron chi connectivity index (χ3n) is 6.38. The van der Waals surface area contributed by atoms with Crippen LogP contribution in [-0.4, -0.2) is 40.4 Å². The zero-order chi connectivity index (χ0) is 25.9. The molecule has 7 nitrogen and oxygen atoms in total. The third kappa shape index (κ3) is 5.76. The maximum absolute atomic E-state index is 13.8. The van der Waals surface area contributed by atoms with E-state index in [9.17, 15) is 18.0 Å². The van der Waals surface area contributed by atoms with Crippen LogP contribution in [0.3, 0.4) is 0 Å².